The van der Waals surface area contributed by atoms with Crippen molar-refractivity contribution in [3.8, 4) is 0 Å². The van der Waals surface area contributed by atoms with Crippen molar-refractivity contribution in [3.05, 3.63) is 132 Å². The van der Waals surface area contributed by atoms with Gasteiger partial charge in [-0.2, -0.15) is 0 Å². The highest BCUT2D eigenvalue weighted by Gasteiger charge is 2.26. The number of imidazole rings is 1. The number of nitrogens with zero attached hydrogens (tertiary/aromatic N) is 3. The zero-order chi connectivity index (χ0) is 25.5. The number of benzene rings is 3. The molecule has 1 amide bonds. The second-order valence-corrected chi connectivity index (χ2v) is 10.2. The molecule has 0 bridgehead atoms. The first-order chi connectivity index (χ1) is 17.4. The third-order valence-electron chi connectivity index (χ3n) is 5.62. The van der Waals surface area contributed by atoms with Crippen LogP contribution < -0.4 is 0 Å². The summed E-state index contributed by atoms with van der Waals surface area (Å²) in [5, 5.41) is -0.0676. The van der Waals surface area contributed by atoms with Crippen LogP contribution in [0, 0.1) is 5.82 Å². The molecule has 0 N–H and O–H groups in total. The zero-order valence-corrected chi connectivity index (χ0v) is 20.4. The lowest BCUT2D eigenvalue weighted by Crippen LogP contribution is -2.32. The smallest absolute Gasteiger partial charge is 0.254 e. The topological polar surface area (TPSA) is 72.3 Å². The number of hydrogen-bond donors (Lipinski definition) is 0. The molecule has 0 aliphatic heterocycles. The van der Waals surface area contributed by atoms with Gasteiger partial charge in [0.05, 0.1) is 30.7 Å². The molecule has 0 aliphatic rings. The van der Waals surface area contributed by atoms with Crippen LogP contribution in [0.5, 0.6) is 0 Å². The summed E-state index contributed by atoms with van der Waals surface area (Å²) in [4.78, 5) is 18.9. The van der Waals surface area contributed by atoms with E-state index in [-0.39, 0.29) is 36.1 Å². The van der Waals surface area contributed by atoms with Gasteiger partial charge in [0.1, 0.15) is 5.82 Å². The van der Waals surface area contributed by atoms with Crippen LogP contribution in [-0.4, -0.2) is 35.3 Å². The fourth-order valence-electron chi connectivity index (χ4n) is 3.93. The van der Waals surface area contributed by atoms with E-state index in [0.717, 1.165) is 5.56 Å². The third-order valence-corrected chi connectivity index (χ3v) is 7.22. The molecule has 184 valence electrons. The predicted octanol–water partition coefficient (Wildman–Crippen LogP) is 4.87. The fourth-order valence-corrected chi connectivity index (χ4v) is 5.43. The first-order valence-electron chi connectivity index (χ1n) is 11.4. The SMILES string of the molecule is C=CCN(Cc1cnc(S(=O)(=O)Cc2ccccc2)n1Cc1ccccc1)C(=O)c1cccc(F)c1. The lowest BCUT2D eigenvalue weighted by molar-refractivity contribution is 0.0758. The van der Waals surface area contributed by atoms with Gasteiger partial charge >= 0.3 is 0 Å². The van der Waals surface area contributed by atoms with Crippen molar-refractivity contribution in [1.82, 2.24) is 14.5 Å². The van der Waals surface area contributed by atoms with Crippen LogP contribution >= 0.6 is 0 Å². The summed E-state index contributed by atoms with van der Waals surface area (Å²) in [7, 11) is -3.79. The molecule has 4 rings (SSSR count). The second-order valence-electron chi connectivity index (χ2n) is 8.33. The molecule has 36 heavy (non-hydrogen) atoms. The Balaban J connectivity index is 1.71. The number of halogens is 1. The molecule has 0 spiro atoms. The maximum absolute atomic E-state index is 13.8. The van der Waals surface area contributed by atoms with E-state index in [2.05, 4.69) is 11.6 Å². The van der Waals surface area contributed by atoms with Gasteiger partial charge in [-0.05, 0) is 29.3 Å². The van der Waals surface area contributed by atoms with Crippen LogP contribution in [0.2, 0.25) is 0 Å². The quantitative estimate of drug-likeness (QED) is 0.290. The molecule has 0 saturated carbocycles. The normalized spacial score (nSPS) is 11.2. The van der Waals surface area contributed by atoms with Gasteiger partial charge in [0, 0.05) is 12.1 Å². The van der Waals surface area contributed by atoms with Crippen molar-refractivity contribution < 1.29 is 17.6 Å². The molecule has 0 aliphatic carbocycles. The maximum Gasteiger partial charge on any atom is 0.254 e. The van der Waals surface area contributed by atoms with E-state index in [9.17, 15) is 17.6 Å². The molecule has 1 heterocycles. The van der Waals surface area contributed by atoms with Gasteiger partial charge in [0.25, 0.3) is 5.91 Å². The van der Waals surface area contributed by atoms with Crippen molar-refractivity contribution >= 4 is 15.7 Å². The minimum absolute atomic E-state index is 0.0676. The van der Waals surface area contributed by atoms with Crippen molar-refractivity contribution in [2.75, 3.05) is 6.54 Å². The van der Waals surface area contributed by atoms with E-state index in [0.29, 0.717) is 11.3 Å². The minimum atomic E-state index is -3.79. The number of hydrogen-bond acceptors (Lipinski definition) is 4. The standard InChI is InChI=1S/C28H26FN3O3S/c1-2-16-31(27(33)24-14-9-15-25(29)17-24)20-26-18-30-28(32(26)19-22-10-5-3-6-11-22)36(34,35)21-23-12-7-4-8-13-23/h2-15,17-18H,1,16,19-21H2. The molecule has 0 saturated heterocycles. The van der Waals surface area contributed by atoms with Crippen LogP contribution in [-0.2, 0) is 28.7 Å². The molecule has 0 fully saturated rings. The van der Waals surface area contributed by atoms with Gasteiger partial charge in [0.2, 0.25) is 15.0 Å². The van der Waals surface area contributed by atoms with Gasteiger partial charge in [-0.1, -0.05) is 72.8 Å². The van der Waals surface area contributed by atoms with Gasteiger partial charge in [-0.15, -0.1) is 6.58 Å². The third kappa shape index (κ3) is 5.95. The van der Waals surface area contributed by atoms with Crippen LogP contribution in [0.15, 0.2) is 109 Å². The van der Waals surface area contributed by atoms with E-state index in [1.165, 1.54) is 29.3 Å². The molecular formula is C28H26FN3O3S. The van der Waals surface area contributed by atoms with Crippen molar-refractivity contribution in [2.24, 2.45) is 0 Å². The summed E-state index contributed by atoms with van der Waals surface area (Å²) < 4.78 is 42.2. The highest BCUT2D eigenvalue weighted by Crippen LogP contribution is 2.21. The molecule has 0 radical (unpaired) electrons. The summed E-state index contributed by atoms with van der Waals surface area (Å²) in [5.41, 5.74) is 2.28. The summed E-state index contributed by atoms with van der Waals surface area (Å²) in [6.07, 6.45) is 3.05. The highest BCUT2D eigenvalue weighted by molar-refractivity contribution is 7.90. The number of amides is 1. The average molecular weight is 504 g/mol. The molecule has 3 aromatic carbocycles. The second kappa shape index (κ2) is 11.1. The molecule has 6 nitrogen and oxygen atoms in total. The Morgan fingerprint density at radius 1 is 0.972 bits per heavy atom. The summed E-state index contributed by atoms with van der Waals surface area (Å²) >= 11 is 0. The molecule has 4 aromatic rings. The molecule has 8 heteroatoms. The first kappa shape index (κ1) is 25.1. The van der Waals surface area contributed by atoms with Gasteiger partial charge < -0.3 is 9.47 Å². The van der Waals surface area contributed by atoms with Gasteiger partial charge in [0.15, 0.2) is 0 Å². The van der Waals surface area contributed by atoms with Gasteiger partial charge in [-0.25, -0.2) is 17.8 Å². The van der Waals surface area contributed by atoms with E-state index in [1.807, 2.05) is 36.4 Å². The number of carbonyl (C=O) groups is 1. The lowest BCUT2D eigenvalue weighted by atomic mass is 10.2. The Morgan fingerprint density at radius 3 is 2.28 bits per heavy atom. The number of aromatic nitrogens is 2. The Morgan fingerprint density at radius 2 is 1.64 bits per heavy atom. The number of sulfone groups is 1. The monoisotopic (exact) mass is 503 g/mol. The molecule has 1 aromatic heterocycles. The van der Waals surface area contributed by atoms with E-state index in [4.69, 9.17) is 0 Å². The van der Waals surface area contributed by atoms with Gasteiger partial charge in [-0.3, -0.25) is 4.79 Å². The number of carbonyl (C=O) groups excluding carboxylic acids is 1. The Bertz CT molecular complexity index is 1450. The van der Waals surface area contributed by atoms with Crippen LogP contribution in [0.3, 0.4) is 0 Å². The minimum Gasteiger partial charge on any atom is -0.329 e. The van der Waals surface area contributed by atoms with Crippen LogP contribution in [0.4, 0.5) is 4.39 Å². The Labute approximate surface area is 210 Å². The summed E-state index contributed by atoms with van der Waals surface area (Å²) in [5.74, 6) is -1.10. The largest absolute Gasteiger partial charge is 0.329 e. The molecular weight excluding hydrogens is 477 g/mol. The maximum atomic E-state index is 13.8. The average Bonchev–Trinajstić information content (AvgIpc) is 3.27. The summed E-state index contributed by atoms with van der Waals surface area (Å²) in [6.45, 7) is 4.25. The van der Waals surface area contributed by atoms with E-state index in [1.54, 1.807) is 41.0 Å². The molecule has 0 unspecified atom stereocenters. The lowest BCUT2D eigenvalue weighted by Gasteiger charge is -2.22. The van der Waals surface area contributed by atoms with Crippen molar-refractivity contribution in [1.29, 1.82) is 0 Å². The van der Waals surface area contributed by atoms with Crippen LogP contribution in [0.1, 0.15) is 27.2 Å². The van der Waals surface area contributed by atoms with E-state index < -0.39 is 21.6 Å². The van der Waals surface area contributed by atoms with E-state index >= 15 is 0 Å². The Kier molecular flexibility index (Phi) is 7.75. The zero-order valence-electron chi connectivity index (χ0n) is 19.6. The number of rotatable bonds is 10. The Hall–Kier alpha value is -4.04. The van der Waals surface area contributed by atoms with Crippen molar-refractivity contribution in [3.63, 3.8) is 0 Å². The fraction of sp³-hybridized carbons (Fsp3) is 0.143. The highest BCUT2D eigenvalue weighted by atomic mass is 32.2. The predicted molar refractivity (Wildman–Crippen MR) is 136 cm³/mol. The van der Waals surface area contributed by atoms with Crippen LogP contribution in [0.25, 0.3) is 0 Å². The summed E-state index contributed by atoms with van der Waals surface area (Å²) in [6, 6.07) is 23.8. The first-order valence-corrected chi connectivity index (χ1v) is 13.0. The van der Waals surface area contributed by atoms with Crippen molar-refractivity contribution in [2.45, 2.75) is 24.0 Å². The molecule has 0 atom stereocenters.